The van der Waals surface area contributed by atoms with Gasteiger partial charge >= 0.3 is 6.18 Å². The van der Waals surface area contributed by atoms with Crippen molar-refractivity contribution >= 4 is 15.9 Å². The summed E-state index contributed by atoms with van der Waals surface area (Å²) in [6.07, 6.45) is -4.38. The van der Waals surface area contributed by atoms with Crippen LogP contribution in [0.4, 0.5) is 13.2 Å². The van der Waals surface area contributed by atoms with Gasteiger partial charge in [0.2, 0.25) is 0 Å². The van der Waals surface area contributed by atoms with Gasteiger partial charge in [-0.05, 0) is 12.1 Å². The van der Waals surface area contributed by atoms with E-state index in [1.807, 2.05) is 0 Å². The summed E-state index contributed by atoms with van der Waals surface area (Å²) in [5, 5.41) is 9.03. The molecule has 0 aromatic heterocycles. The topological polar surface area (TPSA) is 29.5 Å². The fraction of sp³-hybridized carbons (Fsp3) is 0.250. The van der Waals surface area contributed by atoms with Crippen LogP contribution in [0.15, 0.2) is 22.7 Å². The van der Waals surface area contributed by atoms with E-state index in [2.05, 4.69) is 20.7 Å². The van der Waals surface area contributed by atoms with Gasteiger partial charge in [0.1, 0.15) is 11.5 Å². The molecule has 0 bridgehead atoms. The molecule has 0 aliphatic rings. The van der Waals surface area contributed by atoms with E-state index in [9.17, 15) is 13.2 Å². The molecule has 0 fully saturated rings. The smallest absolute Gasteiger partial charge is 0.422 e. The molecular weight excluding hydrogens is 265 g/mol. The summed E-state index contributed by atoms with van der Waals surface area (Å²) in [7, 11) is 0. The van der Waals surface area contributed by atoms with Gasteiger partial charge in [-0.1, -0.05) is 15.9 Å². The largest absolute Gasteiger partial charge is 0.508 e. The van der Waals surface area contributed by atoms with Crippen molar-refractivity contribution in [2.45, 2.75) is 6.18 Å². The number of ether oxygens (including phenoxy) is 1. The number of rotatable bonds is 2. The molecule has 1 aromatic rings. The fourth-order valence-corrected chi connectivity index (χ4v) is 1.26. The maximum absolute atomic E-state index is 11.7. The van der Waals surface area contributed by atoms with Crippen LogP contribution in [-0.4, -0.2) is 17.9 Å². The van der Waals surface area contributed by atoms with Crippen molar-refractivity contribution in [1.29, 1.82) is 0 Å². The number of hydrogen-bond acceptors (Lipinski definition) is 2. The van der Waals surface area contributed by atoms with E-state index in [0.717, 1.165) is 6.07 Å². The molecule has 0 unspecified atom stereocenters. The Balaban J connectivity index is 2.68. The van der Waals surface area contributed by atoms with Gasteiger partial charge in [-0.15, -0.1) is 0 Å². The lowest BCUT2D eigenvalue weighted by Crippen LogP contribution is -2.19. The number of hydrogen-bond donors (Lipinski definition) is 1. The van der Waals surface area contributed by atoms with Crippen LogP contribution in [0.25, 0.3) is 0 Å². The zero-order valence-electron chi connectivity index (χ0n) is 6.81. The summed E-state index contributed by atoms with van der Waals surface area (Å²) < 4.78 is 40.1. The number of halogens is 4. The highest BCUT2D eigenvalue weighted by atomic mass is 79.9. The molecular formula is C8H6BrF3O2. The molecule has 0 atom stereocenters. The van der Waals surface area contributed by atoms with Crippen molar-refractivity contribution in [2.24, 2.45) is 0 Å². The molecule has 0 aliphatic carbocycles. The summed E-state index contributed by atoms with van der Waals surface area (Å²) in [6, 6.07) is 3.79. The third kappa shape index (κ3) is 3.87. The van der Waals surface area contributed by atoms with Crippen LogP contribution in [-0.2, 0) is 0 Å². The van der Waals surface area contributed by atoms with Crippen molar-refractivity contribution < 1.29 is 23.0 Å². The molecule has 0 spiro atoms. The molecule has 0 saturated heterocycles. The second-order valence-corrected chi connectivity index (χ2v) is 3.46. The molecule has 0 radical (unpaired) electrons. The number of phenolic OH excluding ortho intramolecular Hbond substituents is 1. The zero-order valence-corrected chi connectivity index (χ0v) is 8.39. The van der Waals surface area contributed by atoms with E-state index in [-0.39, 0.29) is 11.5 Å². The Labute approximate surface area is 86.4 Å². The lowest BCUT2D eigenvalue weighted by Gasteiger charge is -2.09. The highest BCUT2D eigenvalue weighted by molar-refractivity contribution is 9.10. The fourth-order valence-electron chi connectivity index (χ4n) is 0.796. The van der Waals surface area contributed by atoms with Gasteiger partial charge in [0, 0.05) is 10.5 Å². The Kier molecular flexibility index (Phi) is 3.25. The molecule has 14 heavy (non-hydrogen) atoms. The van der Waals surface area contributed by atoms with Gasteiger partial charge in [-0.3, -0.25) is 0 Å². The predicted molar refractivity (Wildman–Crippen MR) is 47.4 cm³/mol. The van der Waals surface area contributed by atoms with Crippen molar-refractivity contribution in [2.75, 3.05) is 6.61 Å². The van der Waals surface area contributed by atoms with Crippen LogP contribution >= 0.6 is 15.9 Å². The van der Waals surface area contributed by atoms with E-state index >= 15 is 0 Å². The van der Waals surface area contributed by atoms with E-state index in [1.165, 1.54) is 12.1 Å². The first-order chi connectivity index (χ1) is 6.37. The molecule has 1 N–H and O–H groups in total. The average Bonchev–Trinajstić information content (AvgIpc) is 1.97. The SMILES string of the molecule is Oc1cc(Br)cc(OCC(F)(F)F)c1. The minimum absolute atomic E-state index is 0.0331. The Hall–Kier alpha value is -0.910. The van der Waals surface area contributed by atoms with Crippen molar-refractivity contribution in [3.05, 3.63) is 22.7 Å². The third-order valence-electron chi connectivity index (χ3n) is 1.26. The Morgan fingerprint density at radius 2 is 1.93 bits per heavy atom. The molecule has 0 aliphatic heterocycles. The molecule has 2 nitrogen and oxygen atoms in total. The van der Waals surface area contributed by atoms with E-state index in [0.29, 0.717) is 4.47 Å². The molecule has 1 aromatic carbocycles. The van der Waals surface area contributed by atoms with Crippen LogP contribution in [0, 0.1) is 0 Å². The lowest BCUT2D eigenvalue weighted by atomic mass is 10.3. The molecule has 1 rings (SSSR count). The van der Waals surface area contributed by atoms with Gasteiger partial charge in [-0.25, -0.2) is 0 Å². The predicted octanol–water partition coefficient (Wildman–Crippen LogP) is 3.10. The van der Waals surface area contributed by atoms with Crippen LogP contribution < -0.4 is 4.74 Å². The standard InChI is InChI=1S/C8H6BrF3O2/c9-5-1-6(13)3-7(2-5)14-4-8(10,11)12/h1-3,13H,4H2. The molecule has 78 valence electrons. The first-order valence-electron chi connectivity index (χ1n) is 3.56. The molecule has 0 saturated carbocycles. The van der Waals surface area contributed by atoms with Gasteiger partial charge in [0.15, 0.2) is 6.61 Å². The van der Waals surface area contributed by atoms with Crippen LogP contribution in [0.2, 0.25) is 0 Å². The summed E-state index contributed by atoms with van der Waals surface area (Å²) in [5.74, 6) is -0.189. The number of benzene rings is 1. The van der Waals surface area contributed by atoms with E-state index < -0.39 is 12.8 Å². The van der Waals surface area contributed by atoms with Gasteiger partial charge in [0.05, 0.1) is 0 Å². The lowest BCUT2D eigenvalue weighted by molar-refractivity contribution is -0.153. The highest BCUT2D eigenvalue weighted by Crippen LogP contribution is 2.26. The molecule has 0 heterocycles. The van der Waals surface area contributed by atoms with E-state index in [1.54, 1.807) is 0 Å². The Morgan fingerprint density at radius 3 is 2.43 bits per heavy atom. The quantitative estimate of drug-likeness (QED) is 0.895. The maximum Gasteiger partial charge on any atom is 0.422 e. The van der Waals surface area contributed by atoms with Gasteiger partial charge in [-0.2, -0.15) is 13.2 Å². The second-order valence-electron chi connectivity index (χ2n) is 2.55. The monoisotopic (exact) mass is 270 g/mol. The number of aromatic hydroxyl groups is 1. The van der Waals surface area contributed by atoms with Gasteiger partial charge in [0.25, 0.3) is 0 Å². The van der Waals surface area contributed by atoms with E-state index in [4.69, 9.17) is 5.11 Å². The van der Waals surface area contributed by atoms with Crippen LogP contribution in [0.3, 0.4) is 0 Å². The minimum atomic E-state index is -4.38. The van der Waals surface area contributed by atoms with Gasteiger partial charge < -0.3 is 9.84 Å². The Bertz CT molecular complexity index is 305. The normalized spacial score (nSPS) is 11.4. The second kappa shape index (κ2) is 4.08. The number of alkyl halides is 3. The summed E-state index contributed by atoms with van der Waals surface area (Å²) in [4.78, 5) is 0. The summed E-state index contributed by atoms with van der Waals surface area (Å²) in [6.45, 7) is -1.37. The average molecular weight is 271 g/mol. The maximum atomic E-state index is 11.7. The van der Waals surface area contributed by atoms with Crippen molar-refractivity contribution in [1.82, 2.24) is 0 Å². The van der Waals surface area contributed by atoms with Crippen molar-refractivity contribution in [3.63, 3.8) is 0 Å². The number of phenols is 1. The minimum Gasteiger partial charge on any atom is -0.508 e. The van der Waals surface area contributed by atoms with Crippen LogP contribution in [0.1, 0.15) is 0 Å². The molecule has 6 heteroatoms. The first kappa shape index (κ1) is 11.2. The highest BCUT2D eigenvalue weighted by Gasteiger charge is 2.28. The van der Waals surface area contributed by atoms with Crippen molar-refractivity contribution in [3.8, 4) is 11.5 Å². The van der Waals surface area contributed by atoms with Crippen LogP contribution in [0.5, 0.6) is 11.5 Å². The Morgan fingerprint density at radius 1 is 1.29 bits per heavy atom. The summed E-state index contributed by atoms with van der Waals surface area (Å²) in [5.41, 5.74) is 0. The summed E-state index contributed by atoms with van der Waals surface area (Å²) >= 11 is 3.01. The zero-order chi connectivity index (χ0) is 10.8. The first-order valence-corrected chi connectivity index (χ1v) is 4.35. The third-order valence-corrected chi connectivity index (χ3v) is 1.72. The molecule has 0 amide bonds.